The zero-order valence-electron chi connectivity index (χ0n) is 13.7. The Morgan fingerprint density at radius 2 is 1.85 bits per heavy atom. The van der Waals surface area contributed by atoms with Crippen LogP contribution in [0.5, 0.6) is 0 Å². The summed E-state index contributed by atoms with van der Waals surface area (Å²) in [6.45, 7) is 9.40. The van der Waals surface area contributed by atoms with Gasteiger partial charge in [0.2, 0.25) is 0 Å². The third kappa shape index (κ3) is 5.01. The minimum atomic E-state index is -0.0883. The number of hydrogen-bond donors (Lipinski definition) is 2. The van der Waals surface area contributed by atoms with Crippen molar-refractivity contribution < 1.29 is 5.11 Å². The fourth-order valence-corrected chi connectivity index (χ4v) is 3.47. The van der Waals surface area contributed by atoms with Crippen molar-refractivity contribution in [3.05, 3.63) is 0 Å². The Morgan fingerprint density at radius 3 is 2.35 bits per heavy atom. The number of aliphatic hydroxyl groups is 1. The van der Waals surface area contributed by atoms with Crippen molar-refractivity contribution in [3.63, 3.8) is 0 Å². The Hall–Kier alpha value is -0.120. The van der Waals surface area contributed by atoms with E-state index in [1.54, 1.807) is 0 Å². The molecule has 0 saturated heterocycles. The Bertz CT molecular complexity index is 285. The van der Waals surface area contributed by atoms with Gasteiger partial charge >= 0.3 is 0 Å². The average Bonchev–Trinajstić information content (AvgIpc) is 3.04. The topological polar surface area (TPSA) is 35.5 Å². The summed E-state index contributed by atoms with van der Waals surface area (Å²) in [6, 6.07) is 1.46. The summed E-state index contributed by atoms with van der Waals surface area (Å²) >= 11 is 0. The van der Waals surface area contributed by atoms with Crippen LogP contribution in [0.2, 0.25) is 0 Å². The molecule has 2 aliphatic rings. The van der Waals surface area contributed by atoms with Crippen molar-refractivity contribution in [2.75, 3.05) is 19.7 Å². The van der Waals surface area contributed by atoms with Crippen LogP contribution >= 0.6 is 0 Å². The van der Waals surface area contributed by atoms with E-state index in [1.807, 2.05) is 0 Å². The van der Waals surface area contributed by atoms with Crippen LogP contribution in [0, 0.1) is 5.92 Å². The molecular weight excluding hydrogens is 248 g/mol. The van der Waals surface area contributed by atoms with Gasteiger partial charge in [-0.2, -0.15) is 0 Å². The maximum Gasteiger partial charge on any atom is 0.0611 e. The number of rotatable bonds is 9. The second-order valence-electron chi connectivity index (χ2n) is 7.71. The molecule has 0 radical (unpaired) electrons. The van der Waals surface area contributed by atoms with Gasteiger partial charge in [0.25, 0.3) is 0 Å². The highest BCUT2D eigenvalue weighted by molar-refractivity contribution is 4.93. The number of aliphatic hydroxyl groups excluding tert-OH is 1. The van der Waals surface area contributed by atoms with E-state index in [-0.39, 0.29) is 12.1 Å². The molecule has 1 atom stereocenters. The normalized spacial score (nSPS) is 23.7. The van der Waals surface area contributed by atoms with Gasteiger partial charge in [-0.25, -0.2) is 0 Å². The van der Waals surface area contributed by atoms with Gasteiger partial charge in [0, 0.05) is 30.7 Å². The minimum absolute atomic E-state index is 0.0883. The third-order valence-corrected chi connectivity index (χ3v) is 4.87. The lowest BCUT2D eigenvalue weighted by Gasteiger charge is -2.35. The van der Waals surface area contributed by atoms with Crippen LogP contribution in [-0.4, -0.2) is 47.3 Å². The third-order valence-electron chi connectivity index (χ3n) is 4.87. The first-order chi connectivity index (χ1) is 9.52. The predicted octanol–water partition coefficient (Wildman–Crippen LogP) is 2.78. The lowest BCUT2D eigenvalue weighted by atomic mass is 9.97. The van der Waals surface area contributed by atoms with E-state index in [0.29, 0.717) is 6.04 Å². The van der Waals surface area contributed by atoms with Crippen molar-refractivity contribution in [2.24, 2.45) is 5.92 Å². The van der Waals surface area contributed by atoms with Gasteiger partial charge in [0.1, 0.15) is 0 Å². The van der Waals surface area contributed by atoms with Gasteiger partial charge < -0.3 is 15.3 Å². The molecule has 3 heteroatoms. The lowest BCUT2D eigenvalue weighted by molar-refractivity contribution is 0.119. The minimum Gasteiger partial charge on any atom is -0.394 e. The van der Waals surface area contributed by atoms with Gasteiger partial charge in [-0.05, 0) is 44.9 Å². The summed E-state index contributed by atoms with van der Waals surface area (Å²) in [4.78, 5) is 2.69. The van der Waals surface area contributed by atoms with E-state index >= 15 is 0 Å². The predicted molar refractivity (Wildman–Crippen MR) is 84.9 cm³/mol. The Labute approximate surface area is 125 Å². The maximum absolute atomic E-state index is 9.74. The zero-order chi connectivity index (χ0) is 14.6. The van der Waals surface area contributed by atoms with Gasteiger partial charge in [-0.15, -0.1) is 0 Å². The summed E-state index contributed by atoms with van der Waals surface area (Å²) in [5.74, 6) is 0.729. The number of nitrogens with one attached hydrogen (secondary N) is 1. The molecule has 3 nitrogen and oxygen atoms in total. The monoisotopic (exact) mass is 282 g/mol. The van der Waals surface area contributed by atoms with Crippen LogP contribution in [0.15, 0.2) is 0 Å². The van der Waals surface area contributed by atoms with E-state index in [2.05, 4.69) is 31.0 Å². The molecule has 0 amide bonds. The van der Waals surface area contributed by atoms with Crippen LogP contribution in [0.4, 0.5) is 0 Å². The first kappa shape index (κ1) is 16.3. The molecule has 2 fully saturated rings. The zero-order valence-corrected chi connectivity index (χ0v) is 13.7. The molecular formula is C17H34N2O. The van der Waals surface area contributed by atoms with E-state index in [0.717, 1.165) is 24.9 Å². The molecule has 0 aliphatic heterocycles. The number of nitrogens with zero attached hydrogens (tertiary/aromatic N) is 1. The van der Waals surface area contributed by atoms with Crippen molar-refractivity contribution in [2.45, 2.75) is 83.3 Å². The van der Waals surface area contributed by atoms with Crippen molar-refractivity contribution in [1.82, 2.24) is 10.2 Å². The van der Waals surface area contributed by atoms with Crippen LogP contribution in [0.3, 0.4) is 0 Å². The summed E-state index contributed by atoms with van der Waals surface area (Å²) in [5, 5.41) is 13.4. The molecule has 2 aliphatic carbocycles. The Balaban J connectivity index is 1.85. The first-order valence-corrected chi connectivity index (χ1v) is 8.65. The molecule has 0 aromatic carbocycles. The van der Waals surface area contributed by atoms with E-state index in [1.165, 1.54) is 45.1 Å². The molecule has 20 heavy (non-hydrogen) atoms. The molecule has 0 aromatic heterocycles. The Kier molecular flexibility index (Phi) is 5.88. The molecule has 118 valence electrons. The fraction of sp³-hybridized carbons (Fsp3) is 1.00. The highest BCUT2D eigenvalue weighted by atomic mass is 16.3. The summed E-state index contributed by atoms with van der Waals surface area (Å²) in [7, 11) is 0. The van der Waals surface area contributed by atoms with Crippen molar-refractivity contribution in [1.29, 1.82) is 0 Å². The molecule has 2 N–H and O–H groups in total. The Morgan fingerprint density at radius 1 is 1.20 bits per heavy atom. The summed E-state index contributed by atoms with van der Waals surface area (Å²) < 4.78 is 0. The summed E-state index contributed by atoms with van der Waals surface area (Å²) in [6.07, 6.45) is 9.18. The van der Waals surface area contributed by atoms with E-state index in [9.17, 15) is 5.11 Å². The van der Waals surface area contributed by atoms with Crippen LogP contribution in [-0.2, 0) is 0 Å². The molecule has 0 heterocycles. The summed E-state index contributed by atoms with van der Waals surface area (Å²) in [5.41, 5.74) is -0.0883. The average molecular weight is 282 g/mol. The lowest BCUT2D eigenvalue weighted by Crippen LogP contribution is -2.50. The SMILES string of the molecule is CC(C)CN(CCC(C)(CO)NC1CC1)C1CCCC1. The smallest absolute Gasteiger partial charge is 0.0611 e. The first-order valence-electron chi connectivity index (χ1n) is 8.65. The van der Waals surface area contributed by atoms with E-state index < -0.39 is 0 Å². The molecule has 2 rings (SSSR count). The molecule has 0 bridgehead atoms. The quantitative estimate of drug-likeness (QED) is 0.682. The standard InChI is InChI=1S/C17H34N2O/c1-14(2)12-19(16-6-4-5-7-16)11-10-17(3,13-20)18-15-8-9-15/h14-16,18,20H,4-13H2,1-3H3. The van der Waals surface area contributed by atoms with Crippen LogP contribution in [0.25, 0.3) is 0 Å². The highest BCUT2D eigenvalue weighted by Crippen LogP contribution is 2.27. The fourth-order valence-electron chi connectivity index (χ4n) is 3.47. The maximum atomic E-state index is 9.74. The highest BCUT2D eigenvalue weighted by Gasteiger charge is 2.33. The van der Waals surface area contributed by atoms with Crippen LogP contribution in [0.1, 0.15) is 65.7 Å². The second-order valence-corrected chi connectivity index (χ2v) is 7.71. The molecule has 0 aromatic rings. The largest absolute Gasteiger partial charge is 0.394 e. The van der Waals surface area contributed by atoms with Gasteiger partial charge in [-0.1, -0.05) is 26.7 Å². The molecule has 1 unspecified atom stereocenters. The van der Waals surface area contributed by atoms with Gasteiger partial charge in [0.05, 0.1) is 6.61 Å². The van der Waals surface area contributed by atoms with E-state index in [4.69, 9.17) is 0 Å². The molecule has 0 spiro atoms. The second kappa shape index (κ2) is 7.24. The number of hydrogen-bond acceptors (Lipinski definition) is 3. The van der Waals surface area contributed by atoms with Crippen LogP contribution < -0.4 is 5.32 Å². The van der Waals surface area contributed by atoms with Gasteiger partial charge in [-0.3, -0.25) is 0 Å². The van der Waals surface area contributed by atoms with Crippen molar-refractivity contribution >= 4 is 0 Å². The molecule has 2 saturated carbocycles. The van der Waals surface area contributed by atoms with Gasteiger partial charge in [0.15, 0.2) is 0 Å². The van der Waals surface area contributed by atoms with Crippen molar-refractivity contribution in [3.8, 4) is 0 Å².